The third kappa shape index (κ3) is 7.28. The van der Waals surface area contributed by atoms with E-state index in [9.17, 15) is 4.79 Å². The Hall–Kier alpha value is -0.830. The Labute approximate surface area is 73.0 Å². The van der Waals surface area contributed by atoms with Crippen LogP contribution in [0.3, 0.4) is 0 Å². The predicted molar refractivity (Wildman–Crippen MR) is 47.1 cm³/mol. The molecule has 1 unspecified atom stereocenters. The Kier molecular flexibility index (Phi) is 5.37. The van der Waals surface area contributed by atoms with Crippen LogP contribution in [0.1, 0.15) is 27.2 Å². The molecule has 0 aliphatic rings. The summed E-state index contributed by atoms with van der Waals surface area (Å²) < 4.78 is 5.39. The highest BCUT2D eigenvalue weighted by atomic mass is 16.5. The predicted octanol–water partition coefficient (Wildman–Crippen LogP) is 1.83. The molecule has 0 radical (unpaired) electrons. The molecule has 0 rings (SSSR count). The first-order chi connectivity index (χ1) is 5.52. The summed E-state index contributed by atoms with van der Waals surface area (Å²) in [5, 5.41) is 8.28. The minimum absolute atomic E-state index is 0.0839. The van der Waals surface area contributed by atoms with Crippen LogP contribution in [-0.2, 0) is 9.53 Å². The summed E-state index contributed by atoms with van der Waals surface area (Å²) in [6, 6.07) is 0. The van der Waals surface area contributed by atoms with Gasteiger partial charge in [0.25, 0.3) is 0 Å². The quantitative estimate of drug-likeness (QED) is 0.643. The summed E-state index contributed by atoms with van der Waals surface area (Å²) in [6.45, 7) is 5.83. The summed E-state index contributed by atoms with van der Waals surface area (Å²) in [5.74, 6) is -0.910. The number of hydrogen-bond donors (Lipinski definition) is 1. The van der Waals surface area contributed by atoms with Crippen molar-refractivity contribution in [2.24, 2.45) is 0 Å². The van der Waals surface area contributed by atoms with Gasteiger partial charge in [0.1, 0.15) is 0 Å². The van der Waals surface area contributed by atoms with Gasteiger partial charge in [0.05, 0.1) is 12.2 Å². The number of carboxylic acids is 1. The van der Waals surface area contributed by atoms with E-state index in [1.165, 1.54) is 0 Å². The lowest BCUT2D eigenvalue weighted by Crippen LogP contribution is -2.13. The van der Waals surface area contributed by atoms with Gasteiger partial charge in [0.2, 0.25) is 0 Å². The molecular formula is C9H16O3. The van der Waals surface area contributed by atoms with Gasteiger partial charge in [-0.25, -0.2) is 4.79 Å². The lowest BCUT2D eigenvalue weighted by Gasteiger charge is -2.13. The first-order valence-corrected chi connectivity index (χ1v) is 4.07. The molecular weight excluding hydrogens is 156 g/mol. The van der Waals surface area contributed by atoms with E-state index in [-0.39, 0.29) is 12.2 Å². The molecule has 0 heterocycles. The number of aliphatic carboxylic acids is 1. The van der Waals surface area contributed by atoms with Crippen LogP contribution in [0.4, 0.5) is 0 Å². The van der Waals surface area contributed by atoms with Crippen molar-refractivity contribution in [1.29, 1.82) is 0 Å². The van der Waals surface area contributed by atoms with Gasteiger partial charge in [-0.1, -0.05) is 6.08 Å². The molecule has 0 spiro atoms. The van der Waals surface area contributed by atoms with E-state index in [0.29, 0.717) is 6.42 Å². The molecule has 12 heavy (non-hydrogen) atoms. The van der Waals surface area contributed by atoms with Crippen molar-refractivity contribution in [3.63, 3.8) is 0 Å². The van der Waals surface area contributed by atoms with Crippen molar-refractivity contribution in [2.75, 3.05) is 0 Å². The number of carbonyl (C=O) groups is 1. The smallest absolute Gasteiger partial charge is 0.327 e. The summed E-state index contributed by atoms with van der Waals surface area (Å²) in [5.41, 5.74) is 0. The number of carboxylic acid groups (broad SMARTS) is 1. The average Bonchev–Trinajstić information content (AvgIpc) is 1.84. The molecule has 0 aliphatic carbocycles. The normalized spacial score (nSPS) is 14.0. The third-order valence-corrected chi connectivity index (χ3v) is 1.23. The van der Waals surface area contributed by atoms with E-state index in [0.717, 1.165) is 6.08 Å². The standard InChI is InChI=1S/C9H16O3/c1-7(2)12-8(3)5-4-6-9(10)11/h4,6-8H,5H2,1-3H3,(H,10,11). The zero-order valence-electron chi connectivity index (χ0n) is 7.78. The molecule has 0 fully saturated rings. The monoisotopic (exact) mass is 172 g/mol. The zero-order chi connectivity index (χ0) is 9.56. The Morgan fingerprint density at radius 3 is 2.50 bits per heavy atom. The lowest BCUT2D eigenvalue weighted by molar-refractivity contribution is -0.131. The van der Waals surface area contributed by atoms with Crippen LogP contribution in [0.5, 0.6) is 0 Å². The zero-order valence-corrected chi connectivity index (χ0v) is 7.78. The topological polar surface area (TPSA) is 46.5 Å². The van der Waals surface area contributed by atoms with Crippen molar-refractivity contribution >= 4 is 5.97 Å². The van der Waals surface area contributed by atoms with Crippen LogP contribution in [0, 0.1) is 0 Å². The Bertz CT molecular complexity index is 161. The second kappa shape index (κ2) is 5.77. The van der Waals surface area contributed by atoms with Gasteiger partial charge in [0.15, 0.2) is 0 Å². The Balaban J connectivity index is 3.56. The maximum Gasteiger partial charge on any atom is 0.327 e. The number of hydrogen-bond acceptors (Lipinski definition) is 2. The highest BCUT2D eigenvalue weighted by Gasteiger charge is 2.01. The van der Waals surface area contributed by atoms with Crippen LogP contribution >= 0.6 is 0 Å². The summed E-state index contributed by atoms with van der Waals surface area (Å²) in [4.78, 5) is 10.1. The molecule has 3 nitrogen and oxygen atoms in total. The molecule has 0 saturated carbocycles. The van der Waals surface area contributed by atoms with Crippen molar-refractivity contribution in [3.8, 4) is 0 Å². The van der Waals surface area contributed by atoms with Gasteiger partial charge in [-0.2, -0.15) is 0 Å². The highest BCUT2D eigenvalue weighted by Crippen LogP contribution is 2.02. The van der Waals surface area contributed by atoms with E-state index in [1.54, 1.807) is 6.08 Å². The second-order valence-electron chi connectivity index (χ2n) is 2.97. The van der Waals surface area contributed by atoms with E-state index in [1.807, 2.05) is 20.8 Å². The van der Waals surface area contributed by atoms with Gasteiger partial charge in [-0.3, -0.25) is 0 Å². The highest BCUT2D eigenvalue weighted by molar-refractivity contribution is 5.79. The summed E-state index contributed by atoms with van der Waals surface area (Å²) >= 11 is 0. The summed E-state index contributed by atoms with van der Waals surface area (Å²) in [6.07, 6.45) is 3.67. The lowest BCUT2D eigenvalue weighted by atomic mass is 10.2. The Morgan fingerprint density at radius 2 is 2.08 bits per heavy atom. The molecule has 1 atom stereocenters. The molecule has 0 aromatic carbocycles. The molecule has 0 saturated heterocycles. The maximum atomic E-state index is 10.1. The SMILES string of the molecule is CC(C)OC(C)CC=CC(=O)O. The molecule has 0 aromatic rings. The van der Waals surface area contributed by atoms with Crippen LogP contribution in [-0.4, -0.2) is 23.3 Å². The van der Waals surface area contributed by atoms with E-state index >= 15 is 0 Å². The van der Waals surface area contributed by atoms with E-state index < -0.39 is 5.97 Å². The van der Waals surface area contributed by atoms with Gasteiger partial charge in [0, 0.05) is 6.08 Å². The Morgan fingerprint density at radius 1 is 1.50 bits per heavy atom. The van der Waals surface area contributed by atoms with Gasteiger partial charge < -0.3 is 9.84 Å². The van der Waals surface area contributed by atoms with Crippen molar-refractivity contribution in [1.82, 2.24) is 0 Å². The molecule has 3 heteroatoms. The average molecular weight is 172 g/mol. The van der Waals surface area contributed by atoms with E-state index in [4.69, 9.17) is 9.84 Å². The molecule has 70 valence electrons. The number of ether oxygens (including phenoxy) is 1. The molecule has 1 N–H and O–H groups in total. The van der Waals surface area contributed by atoms with Gasteiger partial charge in [-0.15, -0.1) is 0 Å². The fraction of sp³-hybridized carbons (Fsp3) is 0.667. The van der Waals surface area contributed by atoms with Crippen molar-refractivity contribution in [2.45, 2.75) is 39.4 Å². The fourth-order valence-electron chi connectivity index (χ4n) is 0.881. The summed E-state index contributed by atoms with van der Waals surface area (Å²) in [7, 11) is 0. The fourth-order valence-corrected chi connectivity index (χ4v) is 0.881. The molecule has 0 aliphatic heterocycles. The second-order valence-corrected chi connectivity index (χ2v) is 2.97. The van der Waals surface area contributed by atoms with Crippen LogP contribution in [0.2, 0.25) is 0 Å². The maximum absolute atomic E-state index is 10.1. The third-order valence-electron chi connectivity index (χ3n) is 1.23. The minimum Gasteiger partial charge on any atom is -0.478 e. The van der Waals surface area contributed by atoms with Crippen LogP contribution in [0.25, 0.3) is 0 Å². The molecule has 0 bridgehead atoms. The largest absolute Gasteiger partial charge is 0.478 e. The van der Waals surface area contributed by atoms with Crippen LogP contribution in [0.15, 0.2) is 12.2 Å². The van der Waals surface area contributed by atoms with Crippen molar-refractivity contribution < 1.29 is 14.6 Å². The van der Waals surface area contributed by atoms with Gasteiger partial charge >= 0.3 is 5.97 Å². The van der Waals surface area contributed by atoms with Gasteiger partial charge in [-0.05, 0) is 27.2 Å². The first-order valence-electron chi connectivity index (χ1n) is 4.07. The van der Waals surface area contributed by atoms with Crippen molar-refractivity contribution in [3.05, 3.63) is 12.2 Å². The minimum atomic E-state index is -0.910. The molecule has 0 aromatic heterocycles. The van der Waals surface area contributed by atoms with E-state index in [2.05, 4.69) is 0 Å². The molecule has 0 amide bonds. The first kappa shape index (κ1) is 11.2. The number of rotatable bonds is 5. The van der Waals surface area contributed by atoms with Crippen LogP contribution < -0.4 is 0 Å².